The van der Waals surface area contributed by atoms with Gasteiger partial charge in [0.1, 0.15) is 12.4 Å². The van der Waals surface area contributed by atoms with Gasteiger partial charge in [0.05, 0.1) is 11.6 Å². The molecule has 2 aromatic carbocycles. The number of H-pyrrole nitrogens is 1. The summed E-state index contributed by atoms with van der Waals surface area (Å²) in [5.74, 6) is 1.40. The molecule has 0 unspecified atom stereocenters. The van der Waals surface area contributed by atoms with Gasteiger partial charge >= 0.3 is 0 Å². The van der Waals surface area contributed by atoms with Crippen LogP contribution in [0.5, 0.6) is 5.75 Å². The summed E-state index contributed by atoms with van der Waals surface area (Å²) < 4.78 is 24.5. The number of aromatic amines is 1. The van der Waals surface area contributed by atoms with Crippen LogP contribution in [0.25, 0.3) is 22.6 Å². The van der Waals surface area contributed by atoms with Crippen LogP contribution in [0.4, 0.5) is 10.1 Å². The highest BCUT2D eigenvalue weighted by Gasteiger charge is 2.15. The Balaban J connectivity index is 1.56. The minimum Gasteiger partial charge on any atom is -0.493 e. The number of ether oxygens (including phenoxy) is 1. The number of fused-ring (bicyclic) bond motifs is 1. The Bertz CT molecular complexity index is 1100. The molecule has 0 saturated heterocycles. The van der Waals surface area contributed by atoms with Gasteiger partial charge in [0.2, 0.25) is 5.82 Å². The molecule has 0 saturated carbocycles. The molecular weight excluding hydrogens is 385 g/mol. The minimum atomic E-state index is -0.594. The number of halogens is 2. The molecule has 0 aliphatic rings. The molecule has 9 heteroatoms. The molecule has 2 aromatic heterocycles. The number of tetrazole rings is 1. The molecule has 0 radical (unpaired) electrons. The Morgan fingerprint density at radius 3 is 2.86 bits per heavy atom. The Kier molecular flexibility index (Phi) is 5.12. The van der Waals surface area contributed by atoms with Gasteiger partial charge in [-0.2, -0.15) is 5.21 Å². The zero-order valence-electron chi connectivity index (χ0n) is 15.0. The number of aromatic nitrogens is 4. The van der Waals surface area contributed by atoms with Crippen LogP contribution in [0.1, 0.15) is 18.1 Å². The lowest BCUT2D eigenvalue weighted by Gasteiger charge is -2.12. The quantitative estimate of drug-likeness (QED) is 0.464. The minimum absolute atomic E-state index is 0.361. The summed E-state index contributed by atoms with van der Waals surface area (Å²) in [7, 11) is 0. The van der Waals surface area contributed by atoms with Crippen molar-refractivity contribution in [1.29, 1.82) is 0 Å². The first-order valence-corrected chi connectivity index (χ1v) is 9.07. The molecule has 0 fully saturated rings. The number of nitrogens with zero attached hydrogens (tertiary/aromatic N) is 3. The SMILES string of the molecule is CCOc1ccc(NCc2ccc3cc(-c4nn[nH]n4)oc3c2Cl)cc1CF. The highest BCUT2D eigenvalue weighted by molar-refractivity contribution is 6.35. The summed E-state index contributed by atoms with van der Waals surface area (Å²) in [6, 6.07) is 11.0. The Morgan fingerprint density at radius 2 is 2.11 bits per heavy atom. The third-order valence-corrected chi connectivity index (χ3v) is 4.67. The molecule has 0 atom stereocenters. The first-order valence-electron chi connectivity index (χ1n) is 8.70. The van der Waals surface area contributed by atoms with Crippen molar-refractivity contribution in [3.63, 3.8) is 0 Å². The molecule has 0 spiro atoms. The van der Waals surface area contributed by atoms with Gasteiger partial charge in [0.25, 0.3) is 0 Å². The first kappa shape index (κ1) is 18.2. The summed E-state index contributed by atoms with van der Waals surface area (Å²) in [6.07, 6.45) is 0. The fourth-order valence-corrected chi connectivity index (χ4v) is 3.19. The molecule has 0 bridgehead atoms. The normalized spacial score (nSPS) is 11.1. The van der Waals surface area contributed by atoms with Crippen LogP contribution in [-0.2, 0) is 13.2 Å². The van der Waals surface area contributed by atoms with E-state index in [1.165, 1.54) is 0 Å². The van der Waals surface area contributed by atoms with Crippen molar-refractivity contribution in [1.82, 2.24) is 20.6 Å². The van der Waals surface area contributed by atoms with Gasteiger partial charge in [-0.3, -0.25) is 0 Å². The average molecular weight is 402 g/mol. The van der Waals surface area contributed by atoms with E-state index in [0.29, 0.717) is 46.7 Å². The van der Waals surface area contributed by atoms with Gasteiger partial charge in [0, 0.05) is 23.2 Å². The summed E-state index contributed by atoms with van der Waals surface area (Å²) in [5.41, 5.74) is 2.68. The highest BCUT2D eigenvalue weighted by atomic mass is 35.5. The van der Waals surface area contributed by atoms with Crippen LogP contribution in [0.3, 0.4) is 0 Å². The smallest absolute Gasteiger partial charge is 0.239 e. The first-order chi connectivity index (χ1) is 13.7. The van der Waals surface area contributed by atoms with Gasteiger partial charge in [-0.25, -0.2) is 4.39 Å². The number of benzene rings is 2. The van der Waals surface area contributed by atoms with Crippen molar-refractivity contribution >= 4 is 28.3 Å². The number of hydrogen-bond donors (Lipinski definition) is 2. The molecule has 28 heavy (non-hydrogen) atoms. The lowest BCUT2D eigenvalue weighted by Crippen LogP contribution is -2.02. The molecule has 0 aliphatic carbocycles. The van der Waals surface area contributed by atoms with E-state index in [9.17, 15) is 4.39 Å². The average Bonchev–Trinajstić information content (AvgIpc) is 3.38. The maximum absolute atomic E-state index is 13.3. The monoisotopic (exact) mass is 401 g/mol. The predicted molar refractivity (Wildman–Crippen MR) is 104 cm³/mol. The van der Waals surface area contributed by atoms with E-state index < -0.39 is 6.67 Å². The predicted octanol–water partition coefficient (Wildman–Crippen LogP) is 4.75. The second-order valence-electron chi connectivity index (χ2n) is 6.05. The highest BCUT2D eigenvalue weighted by Crippen LogP contribution is 2.33. The summed E-state index contributed by atoms with van der Waals surface area (Å²) in [4.78, 5) is 0. The Morgan fingerprint density at radius 1 is 1.21 bits per heavy atom. The topological polar surface area (TPSA) is 88.9 Å². The third-order valence-electron chi connectivity index (χ3n) is 4.26. The molecule has 144 valence electrons. The van der Waals surface area contributed by atoms with Crippen molar-refractivity contribution < 1.29 is 13.5 Å². The van der Waals surface area contributed by atoms with E-state index in [2.05, 4.69) is 25.9 Å². The maximum Gasteiger partial charge on any atom is 0.239 e. The molecular formula is C19H17ClFN5O2. The van der Waals surface area contributed by atoms with Gasteiger partial charge in [-0.15, -0.1) is 10.2 Å². The second kappa shape index (κ2) is 7.85. The van der Waals surface area contributed by atoms with Crippen LogP contribution >= 0.6 is 11.6 Å². The van der Waals surface area contributed by atoms with Crippen molar-refractivity contribution in [2.45, 2.75) is 20.1 Å². The fourth-order valence-electron chi connectivity index (χ4n) is 2.91. The third kappa shape index (κ3) is 3.50. The standard InChI is InChI=1S/C19H17ClFN5O2/c1-2-27-15-6-5-14(7-13(15)9-21)22-10-12-4-3-11-8-16(19-23-25-26-24-19)28-18(11)17(12)20/h3-8,22H,2,9-10H2,1H3,(H,23,24,25,26). The molecule has 0 aliphatic heterocycles. The van der Waals surface area contributed by atoms with E-state index >= 15 is 0 Å². The number of hydrogen-bond acceptors (Lipinski definition) is 6. The zero-order chi connectivity index (χ0) is 19.5. The van der Waals surface area contributed by atoms with Gasteiger partial charge < -0.3 is 14.5 Å². The summed E-state index contributed by atoms with van der Waals surface area (Å²) in [6.45, 7) is 2.21. The lowest BCUT2D eigenvalue weighted by atomic mass is 10.1. The molecule has 2 N–H and O–H groups in total. The van der Waals surface area contributed by atoms with Crippen LogP contribution in [0.15, 0.2) is 40.8 Å². The van der Waals surface area contributed by atoms with Crippen LogP contribution in [0, 0.1) is 0 Å². The lowest BCUT2D eigenvalue weighted by molar-refractivity contribution is 0.330. The van der Waals surface area contributed by atoms with E-state index in [0.717, 1.165) is 16.6 Å². The van der Waals surface area contributed by atoms with E-state index in [1.54, 1.807) is 12.1 Å². The van der Waals surface area contributed by atoms with Crippen molar-refractivity contribution in [3.8, 4) is 17.3 Å². The van der Waals surface area contributed by atoms with Crippen molar-refractivity contribution in [3.05, 3.63) is 52.5 Å². The molecule has 4 aromatic rings. The fraction of sp³-hybridized carbons (Fsp3) is 0.211. The van der Waals surface area contributed by atoms with E-state index in [-0.39, 0.29) is 0 Å². The van der Waals surface area contributed by atoms with Crippen molar-refractivity contribution in [2.24, 2.45) is 0 Å². The largest absolute Gasteiger partial charge is 0.493 e. The number of nitrogens with one attached hydrogen (secondary N) is 2. The Hall–Kier alpha value is -3.13. The maximum atomic E-state index is 13.3. The number of rotatable bonds is 7. The summed E-state index contributed by atoms with van der Waals surface area (Å²) in [5, 5.41) is 18.3. The molecule has 4 rings (SSSR count). The zero-order valence-corrected chi connectivity index (χ0v) is 15.8. The van der Waals surface area contributed by atoms with Gasteiger partial charge in [0.15, 0.2) is 11.3 Å². The van der Waals surface area contributed by atoms with Crippen LogP contribution in [0.2, 0.25) is 5.02 Å². The summed E-state index contributed by atoms with van der Waals surface area (Å²) >= 11 is 6.53. The van der Waals surface area contributed by atoms with Gasteiger partial charge in [-0.1, -0.05) is 23.7 Å². The second-order valence-corrected chi connectivity index (χ2v) is 6.42. The Labute approximate surface area is 164 Å². The van der Waals surface area contributed by atoms with Crippen LogP contribution < -0.4 is 10.1 Å². The van der Waals surface area contributed by atoms with Crippen LogP contribution in [-0.4, -0.2) is 27.2 Å². The van der Waals surface area contributed by atoms with E-state index in [4.69, 9.17) is 20.8 Å². The molecule has 0 amide bonds. The number of alkyl halides is 1. The molecule has 2 heterocycles. The van der Waals surface area contributed by atoms with Crippen molar-refractivity contribution in [2.75, 3.05) is 11.9 Å². The molecule has 7 nitrogen and oxygen atoms in total. The number of furan rings is 1. The van der Waals surface area contributed by atoms with Gasteiger partial charge in [-0.05, 0) is 42.0 Å². The number of anilines is 1. The van der Waals surface area contributed by atoms with E-state index in [1.807, 2.05) is 31.2 Å².